The van der Waals surface area contributed by atoms with Crippen LogP contribution in [0.4, 0.5) is 0 Å². The monoisotopic (exact) mass is 374 g/mol. The molecular weight excluding hydrogens is 344 g/mol. The van der Waals surface area contributed by atoms with Crippen LogP contribution in [0.3, 0.4) is 0 Å². The van der Waals surface area contributed by atoms with Crippen molar-refractivity contribution in [2.75, 3.05) is 6.54 Å². The number of carbonyl (C=O) groups is 1. The van der Waals surface area contributed by atoms with Crippen molar-refractivity contribution in [3.63, 3.8) is 0 Å². The molecule has 7 nitrogen and oxygen atoms in total. The van der Waals surface area contributed by atoms with Gasteiger partial charge in [-0.3, -0.25) is 14.3 Å². The largest absolute Gasteiger partial charge is 0.393 e. The van der Waals surface area contributed by atoms with Crippen LogP contribution in [-0.2, 0) is 18.3 Å². The Hall–Kier alpha value is -2.15. The highest BCUT2D eigenvalue weighted by Gasteiger charge is 2.24. The molecule has 2 aromatic heterocycles. The first-order valence-electron chi connectivity index (χ1n) is 9.88. The third kappa shape index (κ3) is 4.24. The van der Waals surface area contributed by atoms with Gasteiger partial charge in [0.25, 0.3) is 5.56 Å². The maximum Gasteiger partial charge on any atom is 0.253 e. The molecule has 0 aromatic carbocycles. The van der Waals surface area contributed by atoms with Gasteiger partial charge in [0, 0.05) is 31.0 Å². The van der Waals surface area contributed by atoms with E-state index in [1.165, 1.54) is 0 Å². The second-order valence-corrected chi connectivity index (χ2v) is 7.74. The van der Waals surface area contributed by atoms with Gasteiger partial charge in [0.05, 0.1) is 11.8 Å². The van der Waals surface area contributed by atoms with E-state index >= 15 is 0 Å². The third-order valence-electron chi connectivity index (χ3n) is 5.85. The third-order valence-corrected chi connectivity index (χ3v) is 5.85. The highest BCUT2D eigenvalue weighted by Crippen LogP contribution is 2.28. The minimum absolute atomic E-state index is 0.0382. The quantitative estimate of drug-likeness (QED) is 0.644. The molecule has 0 radical (unpaired) electrons. The zero-order chi connectivity index (χ0) is 19.6. The van der Waals surface area contributed by atoms with Gasteiger partial charge in [-0.15, -0.1) is 0 Å². The summed E-state index contributed by atoms with van der Waals surface area (Å²) in [6.45, 7) is 4.47. The molecule has 0 bridgehead atoms. The van der Waals surface area contributed by atoms with Crippen molar-refractivity contribution in [2.24, 2.45) is 13.0 Å². The molecule has 0 aliphatic heterocycles. The van der Waals surface area contributed by atoms with Crippen LogP contribution in [0.25, 0.3) is 11.0 Å². The van der Waals surface area contributed by atoms with E-state index < -0.39 is 0 Å². The summed E-state index contributed by atoms with van der Waals surface area (Å²) in [6, 6.07) is 0. The molecule has 2 heterocycles. The number of aromatic amines is 1. The van der Waals surface area contributed by atoms with Gasteiger partial charge in [-0.2, -0.15) is 5.10 Å². The first-order valence-corrected chi connectivity index (χ1v) is 9.88. The second kappa shape index (κ2) is 8.25. The molecule has 3 rings (SSSR count). The van der Waals surface area contributed by atoms with Crippen LogP contribution in [0.5, 0.6) is 0 Å². The van der Waals surface area contributed by atoms with Crippen molar-refractivity contribution < 1.29 is 9.90 Å². The maximum absolute atomic E-state index is 12.4. The van der Waals surface area contributed by atoms with E-state index in [2.05, 4.69) is 15.4 Å². The molecule has 1 amide bonds. The van der Waals surface area contributed by atoms with Gasteiger partial charge in [-0.25, -0.2) is 0 Å². The number of rotatable bonds is 7. The number of pyridine rings is 1. The van der Waals surface area contributed by atoms with Crippen LogP contribution >= 0.6 is 0 Å². The van der Waals surface area contributed by atoms with Crippen LogP contribution < -0.4 is 10.9 Å². The lowest BCUT2D eigenvalue weighted by Crippen LogP contribution is -2.26. The van der Waals surface area contributed by atoms with Crippen molar-refractivity contribution in [3.05, 3.63) is 27.2 Å². The Balaban J connectivity index is 1.53. The number of carbonyl (C=O) groups excluding carboxylic acids is 1. The van der Waals surface area contributed by atoms with Crippen molar-refractivity contribution in [2.45, 2.75) is 64.9 Å². The van der Waals surface area contributed by atoms with Crippen LogP contribution in [0.2, 0.25) is 0 Å². The molecule has 148 valence electrons. The van der Waals surface area contributed by atoms with Gasteiger partial charge in [0.15, 0.2) is 0 Å². The number of hydrogen-bond donors (Lipinski definition) is 3. The number of aryl methyl sites for hydroxylation is 3. The van der Waals surface area contributed by atoms with Crippen LogP contribution in [-0.4, -0.2) is 38.4 Å². The van der Waals surface area contributed by atoms with Gasteiger partial charge in [-0.05, 0) is 57.4 Å². The molecule has 2 aromatic rings. The molecule has 2 atom stereocenters. The Morgan fingerprint density at radius 1 is 1.37 bits per heavy atom. The Kier molecular flexibility index (Phi) is 5.99. The Morgan fingerprint density at radius 3 is 2.85 bits per heavy atom. The minimum atomic E-state index is -0.166. The van der Waals surface area contributed by atoms with Gasteiger partial charge in [0.1, 0.15) is 5.65 Å². The van der Waals surface area contributed by atoms with Crippen LogP contribution in [0.15, 0.2) is 4.79 Å². The predicted octanol–water partition coefficient (Wildman–Crippen LogP) is 1.87. The Morgan fingerprint density at radius 2 is 2.15 bits per heavy atom. The normalized spacial score (nSPS) is 19.7. The average molecular weight is 374 g/mol. The van der Waals surface area contributed by atoms with Gasteiger partial charge in [-0.1, -0.05) is 6.42 Å². The summed E-state index contributed by atoms with van der Waals surface area (Å²) in [6.07, 6.45) is 5.48. The first kappa shape index (κ1) is 19.6. The molecule has 3 N–H and O–H groups in total. The zero-order valence-electron chi connectivity index (χ0n) is 16.5. The minimum Gasteiger partial charge on any atom is -0.393 e. The lowest BCUT2D eigenvalue weighted by molar-refractivity contribution is -0.121. The van der Waals surface area contributed by atoms with Crippen molar-refractivity contribution >= 4 is 16.9 Å². The Bertz CT molecular complexity index is 883. The molecule has 1 fully saturated rings. The summed E-state index contributed by atoms with van der Waals surface area (Å²) in [5.41, 5.74) is 3.01. The molecular formula is C20H30N4O3. The molecule has 7 heteroatoms. The van der Waals surface area contributed by atoms with Crippen LogP contribution in [0.1, 0.15) is 55.3 Å². The number of amides is 1. The number of H-pyrrole nitrogens is 1. The fourth-order valence-electron chi connectivity index (χ4n) is 4.33. The molecule has 1 saturated carbocycles. The zero-order valence-corrected chi connectivity index (χ0v) is 16.5. The fraction of sp³-hybridized carbons (Fsp3) is 0.650. The van der Waals surface area contributed by atoms with E-state index in [4.69, 9.17) is 0 Å². The molecule has 0 unspecified atom stereocenters. The average Bonchev–Trinajstić information content (AvgIpc) is 3.14. The van der Waals surface area contributed by atoms with Gasteiger partial charge < -0.3 is 15.4 Å². The summed E-state index contributed by atoms with van der Waals surface area (Å²) in [5, 5.41) is 18.1. The van der Waals surface area contributed by atoms with E-state index in [1.807, 2.05) is 20.9 Å². The number of hydrogen-bond acceptors (Lipinski definition) is 4. The second-order valence-electron chi connectivity index (χ2n) is 7.74. The standard InChI is InChI=1S/C20H30N4O3/c1-12-15(20(27)22-19-18(12)13(2)23-24(19)3)9-10-17(26)21-11-5-7-14-6-4-8-16(14)25/h14,16,25H,4-11H2,1-3H3,(H,21,26)(H,22,27)/t14-,16+/m1/s1. The van der Waals surface area contributed by atoms with Gasteiger partial charge >= 0.3 is 0 Å². The molecule has 27 heavy (non-hydrogen) atoms. The van der Waals surface area contributed by atoms with Crippen molar-refractivity contribution in [1.29, 1.82) is 0 Å². The summed E-state index contributed by atoms with van der Waals surface area (Å²) >= 11 is 0. The molecule has 0 spiro atoms. The molecule has 1 aliphatic rings. The van der Waals surface area contributed by atoms with E-state index in [0.717, 1.165) is 54.4 Å². The first-order chi connectivity index (χ1) is 12.9. The lowest BCUT2D eigenvalue weighted by Gasteiger charge is -2.14. The number of nitrogens with zero attached hydrogens (tertiary/aromatic N) is 2. The Labute approximate surface area is 159 Å². The summed E-state index contributed by atoms with van der Waals surface area (Å²) < 4.78 is 1.68. The number of aliphatic hydroxyl groups is 1. The van der Waals surface area contributed by atoms with Crippen LogP contribution in [0, 0.1) is 19.8 Å². The highest BCUT2D eigenvalue weighted by atomic mass is 16.3. The van der Waals surface area contributed by atoms with Gasteiger partial charge in [0.2, 0.25) is 5.91 Å². The van der Waals surface area contributed by atoms with Crippen molar-refractivity contribution in [1.82, 2.24) is 20.1 Å². The lowest BCUT2D eigenvalue weighted by atomic mass is 9.99. The summed E-state index contributed by atoms with van der Waals surface area (Å²) in [4.78, 5) is 27.4. The van der Waals surface area contributed by atoms with E-state index in [9.17, 15) is 14.7 Å². The number of nitrogens with one attached hydrogen (secondary N) is 2. The number of aromatic nitrogens is 3. The van der Waals surface area contributed by atoms with E-state index in [-0.39, 0.29) is 17.6 Å². The smallest absolute Gasteiger partial charge is 0.253 e. The number of fused-ring (bicyclic) bond motifs is 1. The maximum atomic E-state index is 12.4. The number of aliphatic hydroxyl groups excluding tert-OH is 1. The topological polar surface area (TPSA) is 100 Å². The summed E-state index contributed by atoms with van der Waals surface area (Å²) in [5.74, 6) is 0.348. The van der Waals surface area contributed by atoms with E-state index in [0.29, 0.717) is 30.9 Å². The van der Waals surface area contributed by atoms with Crippen molar-refractivity contribution in [3.8, 4) is 0 Å². The predicted molar refractivity (Wildman–Crippen MR) is 105 cm³/mol. The fourth-order valence-corrected chi connectivity index (χ4v) is 4.33. The van der Waals surface area contributed by atoms with E-state index in [1.54, 1.807) is 4.68 Å². The molecule has 1 aliphatic carbocycles. The summed E-state index contributed by atoms with van der Waals surface area (Å²) in [7, 11) is 1.81. The molecule has 0 saturated heterocycles. The highest BCUT2D eigenvalue weighted by molar-refractivity contribution is 5.83. The SMILES string of the molecule is Cc1nn(C)c2[nH]c(=O)c(CCC(=O)NCCC[C@H]3CCC[C@@H]3O)c(C)c12.